The van der Waals surface area contributed by atoms with Crippen LogP contribution in [0, 0.1) is 0 Å². The summed E-state index contributed by atoms with van der Waals surface area (Å²) in [7, 11) is 1.62. The zero-order chi connectivity index (χ0) is 12.3. The number of rotatable bonds is 3. The van der Waals surface area contributed by atoms with Crippen LogP contribution in [0.3, 0.4) is 0 Å². The van der Waals surface area contributed by atoms with Crippen LogP contribution >= 0.6 is 27.5 Å². The Balaban J connectivity index is 2.24. The molecule has 88 valence electrons. The fourth-order valence-corrected chi connectivity index (χ4v) is 1.87. The molecule has 0 fully saturated rings. The van der Waals surface area contributed by atoms with Gasteiger partial charge >= 0.3 is 0 Å². The molecule has 0 aliphatic carbocycles. The maximum absolute atomic E-state index is 5.78. The van der Waals surface area contributed by atoms with E-state index in [1.165, 1.54) is 0 Å². The molecule has 0 amide bonds. The summed E-state index contributed by atoms with van der Waals surface area (Å²) in [5, 5.41) is 0.395. The van der Waals surface area contributed by atoms with Gasteiger partial charge in [0.2, 0.25) is 0 Å². The second-order valence-electron chi connectivity index (χ2n) is 3.21. The molecule has 2 aromatic rings. The van der Waals surface area contributed by atoms with E-state index in [4.69, 9.17) is 21.1 Å². The Morgan fingerprint density at radius 1 is 1.18 bits per heavy atom. The van der Waals surface area contributed by atoms with Crippen molar-refractivity contribution in [2.45, 2.75) is 0 Å². The number of hydrogen-bond acceptors (Lipinski definition) is 3. The molecule has 2 rings (SSSR count). The van der Waals surface area contributed by atoms with Gasteiger partial charge in [0, 0.05) is 12.3 Å². The van der Waals surface area contributed by atoms with E-state index in [-0.39, 0.29) is 0 Å². The zero-order valence-corrected chi connectivity index (χ0v) is 11.3. The van der Waals surface area contributed by atoms with Crippen LogP contribution in [0.1, 0.15) is 0 Å². The molecule has 3 nitrogen and oxygen atoms in total. The Morgan fingerprint density at radius 2 is 2.00 bits per heavy atom. The van der Waals surface area contributed by atoms with E-state index >= 15 is 0 Å². The van der Waals surface area contributed by atoms with E-state index in [0.717, 1.165) is 10.2 Å². The average molecular weight is 315 g/mol. The van der Waals surface area contributed by atoms with Crippen LogP contribution < -0.4 is 9.47 Å². The van der Waals surface area contributed by atoms with Gasteiger partial charge in [0.15, 0.2) is 0 Å². The van der Waals surface area contributed by atoms with Crippen LogP contribution in [0.25, 0.3) is 0 Å². The fraction of sp³-hybridized carbons (Fsp3) is 0.0833. The van der Waals surface area contributed by atoms with Gasteiger partial charge in [0.1, 0.15) is 22.4 Å². The van der Waals surface area contributed by atoms with E-state index in [2.05, 4.69) is 20.9 Å². The predicted octanol–water partition coefficient (Wildman–Crippen LogP) is 4.30. The van der Waals surface area contributed by atoms with Crippen LogP contribution in [0.4, 0.5) is 0 Å². The van der Waals surface area contributed by atoms with Gasteiger partial charge in [0.05, 0.1) is 11.6 Å². The van der Waals surface area contributed by atoms with Gasteiger partial charge in [-0.3, -0.25) is 0 Å². The molecule has 0 spiro atoms. The summed E-state index contributed by atoms with van der Waals surface area (Å²) in [6.07, 6.45) is 1.59. The lowest BCUT2D eigenvalue weighted by Gasteiger charge is -2.08. The van der Waals surface area contributed by atoms with Crippen molar-refractivity contribution in [3.8, 4) is 17.2 Å². The highest BCUT2D eigenvalue weighted by molar-refractivity contribution is 9.10. The Bertz CT molecular complexity index is 534. The summed E-state index contributed by atoms with van der Waals surface area (Å²) < 4.78 is 11.6. The van der Waals surface area contributed by atoms with E-state index < -0.39 is 0 Å². The summed E-state index contributed by atoms with van der Waals surface area (Å²) in [5.74, 6) is 2.08. The molecule has 1 aromatic carbocycles. The maximum atomic E-state index is 5.78. The standard InChI is InChI=1S/C12H9BrClNO2/c1-16-8-2-3-11(10(13)6-8)17-9-4-5-15-12(14)7-9/h2-7H,1H3. The maximum Gasteiger partial charge on any atom is 0.141 e. The summed E-state index contributed by atoms with van der Waals surface area (Å²) in [4.78, 5) is 3.88. The highest BCUT2D eigenvalue weighted by Gasteiger charge is 2.05. The molecule has 0 aliphatic heterocycles. The lowest BCUT2D eigenvalue weighted by Crippen LogP contribution is -1.88. The summed E-state index contributed by atoms with van der Waals surface area (Å²) in [6.45, 7) is 0. The number of pyridine rings is 1. The molecule has 17 heavy (non-hydrogen) atoms. The Hall–Kier alpha value is -1.26. The van der Waals surface area contributed by atoms with E-state index in [1.807, 2.05) is 18.2 Å². The molecule has 0 saturated carbocycles. The van der Waals surface area contributed by atoms with Crippen molar-refractivity contribution in [2.75, 3.05) is 7.11 Å². The van der Waals surface area contributed by atoms with E-state index in [0.29, 0.717) is 16.7 Å². The largest absolute Gasteiger partial charge is 0.497 e. The van der Waals surface area contributed by atoms with Crippen LogP contribution in [-0.4, -0.2) is 12.1 Å². The predicted molar refractivity (Wildman–Crippen MR) is 70.0 cm³/mol. The first kappa shape index (κ1) is 12.2. The van der Waals surface area contributed by atoms with E-state index in [1.54, 1.807) is 25.4 Å². The van der Waals surface area contributed by atoms with Crippen LogP contribution in [0.5, 0.6) is 17.2 Å². The van der Waals surface area contributed by atoms with Crippen molar-refractivity contribution >= 4 is 27.5 Å². The van der Waals surface area contributed by atoms with Crippen molar-refractivity contribution in [1.82, 2.24) is 4.98 Å². The quantitative estimate of drug-likeness (QED) is 0.792. The Morgan fingerprint density at radius 3 is 2.65 bits per heavy atom. The fourth-order valence-electron chi connectivity index (χ4n) is 1.27. The summed E-state index contributed by atoms with van der Waals surface area (Å²) >= 11 is 9.19. The third kappa shape index (κ3) is 3.11. The van der Waals surface area contributed by atoms with Crippen molar-refractivity contribution in [2.24, 2.45) is 0 Å². The van der Waals surface area contributed by atoms with Gasteiger partial charge in [-0.2, -0.15) is 0 Å². The van der Waals surface area contributed by atoms with Crippen molar-refractivity contribution in [3.05, 3.63) is 46.2 Å². The summed E-state index contributed by atoms with van der Waals surface area (Å²) in [6, 6.07) is 8.86. The number of nitrogens with zero attached hydrogens (tertiary/aromatic N) is 1. The minimum atomic E-state index is 0.395. The monoisotopic (exact) mass is 313 g/mol. The molecule has 0 unspecified atom stereocenters. The molecule has 0 radical (unpaired) electrons. The minimum Gasteiger partial charge on any atom is -0.497 e. The first-order valence-corrected chi connectivity index (χ1v) is 5.99. The molecule has 1 aromatic heterocycles. The summed E-state index contributed by atoms with van der Waals surface area (Å²) in [5.41, 5.74) is 0. The molecule has 0 atom stereocenters. The van der Waals surface area contributed by atoms with Crippen LogP contribution in [0.2, 0.25) is 5.15 Å². The number of halogens is 2. The molecular weight excluding hydrogens is 305 g/mol. The molecular formula is C12H9BrClNO2. The third-order valence-corrected chi connectivity index (χ3v) is 2.89. The van der Waals surface area contributed by atoms with Gasteiger partial charge in [0.25, 0.3) is 0 Å². The van der Waals surface area contributed by atoms with Crippen molar-refractivity contribution < 1.29 is 9.47 Å². The average Bonchev–Trinajstić information content (AvgIpc) is 2.32. The Labute approximate surface area is 112 Å². The first-order chi connectivity index (χ1) is 8.19. The number of benzene rings is 1. The SMILES string of the molecule is COc1ccc(Oc2ccnc(Cl)c2)c(Br)c1. The van der Waals surface area contributed by atoms with Gasteiger partial charge in [-0.1, -0.05) is 11.6 Å². The zero-order valence-electron chi connectivity index (χ0n) is 8.98. The van der Waals surface area contributed by atoms with E-state index in [9.17, 15) is 0 Å². The van der Waals surface area contributed by atoms with Gasteiger partial charge in [-0.15, -0.1) is 0 Å². The second-order valence-corrected chi connectivity index (χ2v) is 4.45. The second kappa shape index (κ2) is 5.38. The lowest BCUT2D eigenvalue weighted by molar-refractivity contribution is 0.412. The van der Waals surface area contributed by atoms with Crippen molar-refractivity contribution in [1.29, 1.82) is 0 Å². The topological polar surface area (TPSA) is 31.4 Å². The van der Waals surface area contributed by atoms with Gasteiger partial charge in [-0.25, -0.2) is 4.98 Å². The smallest absolute Gasteiger partial charge is 0.141 e. The highest BCUT2D eigenvalue weighted by Crippen LogP contribution is 2.32. The van der Waals surface area contributed by atoms with Gasteiger partial charge in [-0.05, 0) is 40.2 Å². The number of hydrogen-bond donors (Lipinski definition) is 0. The first-order valence-electron chi connectivity index (χ1n) is 4.82. The number of methoxy groups -OCH3 is 1. The molecule has 0 bridgehead atoms. The molecule has 0 aliphatic rings. The minimum absolute atomic E-state index is 0.395. The Kier molecular flexibility index (Phi) is 3.86. The van der Waals surface area contributed by atoms with Crippen molar-refractivity contribution in [3.63, 3.8) is 0 Å². The normalized spacial score (nSPS) is 10.1. The lowest BCUT2D eigenvalue weighted by atomic mass is 10.3. The highest BCUT2D eigenvalue weighted by atomic mass is 79.9. The third-order valence-electron chi connectivity index (χ3n) is 2.06. The van der Waals surface area contributed by atoms with Crippen LogP contribution in [0.15, 0.2) is 41.0 Å². The molecule has 0 N–H and O–H groups in total. The molecule has 0 saturated heterocycles. The number of aromatic nitrogens is 1. The molecule has 1 heterocycles. The van der Waals surface area contributed by atoms with Gasteiger partial charge < -0.3 is 9.47 Å². The number of ether oxygens (including phenoxy) is 2. The molecule has 5 heteroatoms. The van der Waals surface area contributed by atoms with Crippen LogP contribution in [-0.2, 0) is 0 Å².